The predicted molar refractivity (Wildman–Crippen MR) is 110 cm³/mol. The number of ether oxygens (including phenoxy) is 5. The van der Waals surface area contributed by atoms with Crippen LogP contribution in [0.1, 0.15) is 35.7 Å². The van der Waals surface area contributed by atoms with E-state index in [-0.39, 0.29) is 17.1 Å². The highest BCUT2D eigenvalue weighted by Crippen LogP contribution is 2.46. The first-order valence-corrected chi connectivity index (χ1v) is 10.7. The van der Waals surface area contributed by atoms with E-state index in [1.807, 2.05) is 6.92 Å². The molecule has 2 bridgehead atoms. The zero-order chi connectivity index (χ0) is 25.2. The van der Waals surface area contributed by atoms with Gasteiger partial charge in [-0.25, -0.2) is 26.7 Å². The van der Waals surface area contributed by atoms with Gasteiger partial charge in [0.15, 0.2) is 17.4 Å². The molecular formula is C24H21F5O6. The molecule has 3 aliphatic heterocycles. The van der Waals surface area contributed by atoms with Gasteiger partial charge in [0.25, 0.3) is 6.43 Å². The lowest BCUT2D eigenvalue weighted by molar-refractivity contribution is -0.480. The Labute approximate surface area is 197 Å². The SMILES string of the molecule is CCCC12COC(c3ccc(C(=O)Oc4cc(F)c(OC=CC(F)F)c(F)c4)c(F)c3)(OC1)OC2. The minimum atomic E-state index is -2.88. The number of carbonyl (C=O) groups is 1. The Kier molecular flexibility index (Phi) is 7.11. The molecule has 0 N–H and O–H groups in total. The molecule has 0 unspecified atom stereocenters. The van der Waals surface area contributed by atoms with Crippen molar-refractivity contribution in [3.8, 4) is 11.5 Å². The van der Waals surface area contributed by atoms with E-state index in [2.05, 4.69) is 4.74 Å². The molecule has 2 aromatic carbocycles. The average Bonchev–Trinajstić information content (AvgIpc) is 2.82. The zero-order valence-electron chi connectivity index (χ0n) is 18.5. The number of hydrogen-bond donors (Lipinski definition) is 0. The molecule has 0 aromatic heterocycles. The highest BCUT2D eigenvalue weighted by molar-refractivity contribution is 5.91. The van der Waals surface area contributed by atoms with Gasteiger partial charge in [-0.15, -0.1) is 0 Å². The van der Waals surface area contributed by atoms with Gasteiger partial charge in [0.05, 0.1) is 31.6 Å². The van der Waals surface area contributed by atoms with Crippen LogP contribution in [0.2, 0.25) is 0 Å². The summed E-state index contributed by atoms with van der Waals surface area (Å²) in [7, 11) is 0. The lowest BCUT2D eigenvalue weighted by Crippen LogP contribution is -2.58. The molecule has 2 aromatic rings. The van der Waals surface area contributed by atoms with E-state index in [1.165, 1.54) is 6.07 Å². The maximum absolute atomic E-state index is 14.8. The molecule has 3 saturated heterocycles. The molecule has 0 radical (unpaired) electrons. The smallest absolute Gasteiger partial charge is 0.346 e. The van der Waals surface area contributed by atoms with Gasteiger partial charge in [-0.05, 0) is 24.6 Å². The van der Waals surface area contributed by atoms with Crippen LogP contribution in [0.5, 0.6) is 11.5 Å². The van der Waals surface area contributed by atoms with Gasteiger partial charge in [-0.3, -0.25) is 0 Å². The van der Waals surface area contributed by atoms with Gasteiger partial charge < -0.3 is 23.7 Å². The van der Waals surface area contributed by atoms with Gasteiger partial charge in [0, 0.05) is 29.2 Å². The van der Waals surface area contributed by atoms with E-state index in [0.717, 1.165) is 25.0 Å². The van der Waals surface area contributed by atoms with Gasteiger partial charge >= 0.3 is 11.9 Å². The van der Waals surface area contributed by atoms with E-state index in [9.17, 15) is 26.7 Å². The van der Waals surface area contributed by atoms with Crippen LogP contribution < -0.4 is 9.47 Å². The largest absolute Gasteiger partial charge is 0.459 e. The summed E-state index contributed by atoms with van der Waals surface area (Å²) in [6.07, 6.45) is -0.398. The zero-order valence-corrected chi connectivity index (χ0v) is 18.5. The van der Waals surface area contributed by atoms with Crippen LogP contribution in [0.4, 0.5) is 22.0 Å². The molecule has 0 saturated carbocycles. The quantitative estimate of drug-likeness (QED) is 0.208. The number of rotatable bonds is 8. The molecule has 0 spiro atoms. The molecule has 11 heteroatoms. The van der Waals surface area contributed by atoms with Gasteiger partial charge in [0.2, 0.25) is 0 Å². The molecule has 3 heterocycles. The van der Waals surface area contributed by atoms with E-state index in [0.29, 0.717) is 38.2 Å². The molecule has 0 atom stereocenters. The predicted octanol–water partition coefficient (Wildman–Crippen LogP) is 5.45. The summed E-state index contributed by atoms with van der Waals surface area (Å²) in [4.78, 5) is 12.4. The fourth-order valence-corrected chi connectivity index (χ4v) is 3.90. The van der Waals surface area contributed by atoms with Crippen molar-refractivity contribution in [2.75, 3.05) is 19.8 Å². The third-order valence-corrected chi connectivity index (χ3v) is 5.62. The van der Waals surface area contributed by atoms with Crippen LogP contribution in [0.3, 0.4) is 0 Å². The number of allylic oxidation sites excluding steroid dienone is 1. The van der Waals surface area contributed by atoms with Crippen molar-refractivity contribution >= 4 is 5.97 Å². The standard InChI is InChI=1S/C24H21F5O6/c1-2-6-23-11-32-24(33-12-23,34-13-23)14-3-4-16(17(25)8-14)22(30)35-15-9-18(26)21(19(27)10-15)31-7-5-20(28)29/h3-5,7-10,20H,2,6,11-13H2,1H3. The van der Waals surface area contributed by atoms with Crippen LogP contribution in [0.15, 0.2) is 42.7 Å². The fraction of sp³-hybridized carbons (Fsp3) is 0.375. The highest BCUT2D eigenvalue weighted by Gasteiger charge is 2.53. The Morgan fingerprint density at radius 1 is 1.03 bits per heavy atom. The third-order valence-electron chi connectivity index (χ3n) is 5.62. The summed E-state index contributed by atoms with van der Waals surface area (Å²) in [5, 5.41) is 0. The Hall–Kier alpha value is -3.02. The number of hydrogen-bond acceptors (Lipinski definition) is 6. The van der Waals surface area contributed by atoms with E-state index in [1.54, 1.807) is 0 Å². The van der Waals surface area contributed by atoms with Gasteiger partial charge in [-0.2, -0.15) is 0 Å². The molecular weight excluding hydrogens is 479 g/mol. The molecule has 0 amide bonds. The van der Waals surface area contributed by atoms with Crippen molar-refractivity contribution in [2.24, 2.45) is 5.41 Å². The second-order valence-corrected chi connectivity index (χ2v) is 8.25. The summed E-state index contributed by atoms with van der Waals surface area (Å²) in [6, 6.07) is 4.67. The number of carbonyl (C=O) groups excluding carboxylic acids is 1. The monoisotopic (exact) mass is 500 g/mol. The molecule has 3 fully saturated rings. The number of esters is 1. The van der Waals surface area contributed by atoms with Crippen LogP contribution in [0, 0.1) is 22.9 Å². The molecule has 188 valence electrons. The molecule has 5 rings (SSSR count). The number of alkyl halides is 2. The lowest BCUT2D eigenvalue weighted by Gasteiger charge is -2.51. The van der Waals surface area contributed by atoms with Crippen LogP contribution in [-0.4, -0.2) is 32.2 Å². The van der Waals surface area contributed by atoms with Crippen LogP contribution >= 0.6 is 0 Å². The highest BCUT2D eigenvalue weighted by atomic mass is 19.3. The van der Waals surface area contributed by atoms with Crippen molar-refractivity contribution < 1.29 is 50.4 Å². The second kappa shape index (κ2) is 9.92. The van der Waals surface area contributed by atoms with E-state index in [4.69, 9.17) is 18.9 Å². The first-order chi connectivity index (χ1) is 16.7. The first kappa shape index (κ1) is 25.1. The minimum absolute atomic E-state index is 0.201. The second-order valence-electron chi connectivity index (χ2n) is 8.25. The summed E-state index contributed by atoms with van der Waals surface area (Å²) in [6.45, 7) is 3.17. The normalized spacial score (nSPS) is 23.7. The number of benzene rings is 2. The van der Waals surface area contributed by atoms with Crippen molar-refractivity contribution in [3.05, 3.63) is 71.2 Å². The number of halogens is 5. The van der Waals surface area contributed by atoms with Crippen LogP contribution in [-0.2, 0) is 20.2 Å². The Bertz CT molecular complexity index is 1090. The van der Waals surface area contributed by atoms with Crippen molar-refractivity contribution in [2.45, 2.75) is 32.2 Å². The third kappa shape index (κ3) is 5.16. The summed E-state index contributed by atoms with van der Waals surface area (Å²) >= 11 is 0. The lowest BCUT2D eigenvalue weighted by atomic mass is 9.83. The Balaban J connectivity index is 1.47. The minimum Gasteiger partial charge on any atom is -0.459 e. The summed E-state index contributed by atoms with van der Waals surface area (Å²) in [5.41, 5.74) is -0.562. The maximum atomic E-state index is 14.8. The summed E-state index contributed by atoms with van der Waals surface area (Å²) in [5.74, 6) is -8.00. The summed E-state index contributed by atoms with van der Waals surface area (Å²) < 4.78 is 93.9. The van der Waals surface area contributed by atoms with Crippen molar-refractivity contribution in [1.29, 1.82) is 0 Å². The molecule has 0 aliphatic carbocycles. The molecule has 6 nitrogen and oxygen atoms in total. The van der Waals surface area contributed by atoms with E-state index >= 15 is 0 Å². The molecule has 3 aliphatic rings. The Morgan fingerprint density at radius 2 is 1.66 bits per heavy atom. The maximum Gasteiger partial charge on any atom is 0.346 e. The average molecular weight is 500 g/mol. The van der Waals surface area contributed by atoms with Crippen molar-refractivity contribution in [1.82, 2.24) is 0 Å². The fourth-order valence-electron chi connectivity index (χ4n) is 3.90. The van der Waals surface area contributed by atoms with E-state index < -0.39 is 52.9 Å². The van der Waals surface area contributed by atoms with Gasteiger partial charge in [0.1, 0.15) is 11.6 Å². The topological polar surface area (TPSA) is 63.2 Å². The Morgan fingerprint density at radius 3 is 2.20 bits per heavy atom. The van der Waals surface area contributed by atoms with Crippen LogP contribution in [0.25, 0.3) is 0 Å². The van der Waals surface area contributed by atoms with Gasteiger partial charge in [-0.1, -0.05) is 13.3 Å². The number of fused-ring (bicyclic) bond motifs is 3. The van der Waals surface area contributed by atoms with Crippen molar-refractivity contribution in [3.63, 3.8) is 0 Å². The first-order valence-electron chi connectivity index (χ1n) is 10.7. The molecule has 35 heavy (non-hydrogen) atoms.